The number of benzene rings is 1. The molecule has 8 heteroatoms. The van der Waals surface area contributed by atoms with Crippen LogP contribution in [-0.4, -0.2) is 47.0 Å². The maximum Gasteiger partial charge on any atom is 0.301 e. The second-order valence-electron chi connectivity index (χ2n) is 4.24. The monoisotopic (exact) mass is 321 g/mol. The summed E-state index contributed by atoms with van der Waals surface area (Å²) in [5.41, 5.74) is 0.409. The van der Waals surface area contributed by atoms with Gasteiger partial charge in [-0.25, -0.2) is 0 Å². The highest BCUT2D eigenvalue weighted by Crippen LogP contribution is 2.27. The number of nitrogens with one attached hydrogen (secondary N) is 2. The average Bonchev–Trinajstić information content (AvgIpc) is 2.40. The van der Waals surface area contributed by atoms with Crippen LogP contribution in [0.4, 0.5) is 5.69 Å². The summed E-state index contributed by atoms with van der Waals surface area (Å²) >= 11 is 5.90. The molecule has 0 amide bonds. The lowest BCUT2D eigenvalue weighted by Crippen LogP contribution is -2.34. The standard InChI is InChI=1S/C12H20ClN3O3S/c1-14-7-4-8-16(2)20(17,18)15-10-5-6-11(13)12(9-10)19-3/h5-6,9,14-15H,4,7-8H2,1-3H3. The highest BCUT2D eigenvalue weighted by atomic mass is 35.5. The lowest BCUT2D eigenvalue weighted by Gasteiger charge is -2.18. The molecule has 0 atom stereocenters. The molecule has 114 valence electrons. The van der Waals surface area contributed by atoms with Crippen LogP contribution in [0.2, 0.25) is 5.02 Å². The molecular weight excluding hydrogens is 302 g/mol. The van der Waals surface area contributed by atoms with Gasteiger partial charge in [0.25, 0.3) is 0 Å². The summed E-state index contributed by atoms with van der Waals surface area (Å²) in [6, 6.07) is 4.71. The Morgan fingerprint density at radius 1 is 1.40 bits per heavy atom. The Kier molecular flexibility index (Phi) is 6.54. The molecule has 0 heterocycles. The van der Waals surface area contributed by atoms with Crippen LogP contribution in [0.5, 0.6) is 5.75 Å². The molecule has 0 aliphatic heterocycles. The molecule has 2 N–H and O–H groups in total. The second-order valence-corrected chi connectivity index (χ2v) is 6.42. The van der Waals surface area contributed by atoms with Crippen LogP contribution in [-0.2, 0) is 10.2 Å². The molecule has 0 bridgehead atoms. The van der Waals surface area contributed by atoms with E-state index in [2.05, 4.69) is 10.0 Å². The van der Waals surface area contributed by atoms with Crippen molar-refractivity contribution >= 4 is 27.5 Å². The van der Waals surface area contributed by atoms with E-state index in [1.54, 1.807) is 18.2 Å². The Labute approximate surface area is 125 Å². The van der Waals surface area contributed by atoms with Gasteiger partial charge in [-0.15, -0.1) is 0 Å². The quantitative estimate of drug-likeness (QED) is 0.713. The third-order valence-electron chi connectivity index (χ3n) is 2.71. The summed E-state index contributed by atoms with van der Waals surface area (Å²) < 4.78 is 33.0. The first-order valence-electron chi connectivity index (χ1n) is 6.13. The third-order valence-corrected chi connectivity index (χ3v) is 4.52. The van der Waals surface area contributed by atoms with Crippen molar-refractivity contribution in [3.63, 3.8) is 0 Å². The molecule has 1 aromatic carbocycles. The Morgan fingerprint density at radius 2 is 2.10 bits per heavy atom. The number of nitrogens with zero attached hydrogens (tertiary/aromatic N) is 1. The first kappa shape index (κ1) is 17.0. The van der Waals surface area contributed by atoms with E-state index in [1.807, 2.05) is 7.05 Å². The second kappa shape index (κ2) is 7.68. The molecule has 0 aliphatic rings. The Bertz CT molecular complexity index is 537. The van der Waals surface area contributed by atoms with Crippen molar-refractivity contribution in [2.45, 2.75) is 6.42 Å². The van der Waals surface area contributed by atoms with Crippen molar-refractivity contribution in [2.75, 3.05) is 39.0 Å². The molecule has 0 aromatic heterocycles. The van der Waals surface area contributed by atoms with Crippen LogP contribution < -0.4 is 14.8 Å². The lowest BCUT2D eigenvalue weighted by molar-refractivity contribution is 0.415. The zero-order valence-corrected chi connectivity index (χ0v) is 13.4. The van der Waals surface area contributed by atoms with E-state index in [4.69, 9.17) is 16.3 Å². The first-order chi connectivity index (χ1) is 9.40. The van der Waals surface area contributed by atoms with Crippen molar-refractivity contribution in [3.8, 4) is 5.75 Å². The number of anilines is 1. The van der Waals surface area contributed by atoms with Crippen molar-refractivity contribution in [2.24, 2.45) is 0 Å². The van der Waals surface area contributed by atoms with Gasteiger partial charge in [0, 0.05) is 19.7 Å². The van der Waals surface area contributed by atoms with Gasteiger partial charge in [0.05, 0.1) is 17.8 Å². The number of rotatable bonds is 8. The Hall–Kier alpha value is -1.02. The van der Waals surface area contributed by atoms with Gasteiger partial charge in [0.15, 0.2) is 0 Å². The summed E-state index contributed by atoms with van der Waals surface area (Å²) in [5, 5.41) is 3.40. The van der Waals surface area contributed by atoms with Gasteiger partial charge in [-0.3, -0.25) is 4.72 Å². The number of hydrogen-bond acceptors (Lipinski definition) is 4. The van der Waals surface area contributed by atoms with E-state index in [1.165, 1.54) is 18.5 Å². The summed E-state index contributed by atoms with van der Waals surface area (Å²) in [6.07, 6.45) is 0.734. The van der Waals surface area contributed by atoms with Gasteiger partial charge in [0.1, 0.15) is 5.75 Å². The maximum absolute atomic E-state index is 12.1. The van der Waals surface area contributed by atoms with Gasteiger partial charge in [0.2, 0.25) is 0 Å². The van der Waals surface area contributed by atoms with Crippen molar-refractivity contribution in [1.29, 1.82) is 0 Å². The zero-order valence-electron chi connectivity index (χ0n) is 11.8. The number of ether oxygens (including phenoxy) is 1. The topological polar surface area (TPSA) is 70.7 Å². The molecule has 0 fully saturated rings. The fourth-order valence-electron chi connectivity index (χ4n) is 1.55. The SMILES string of the molecule is CNCCCN(C)S(=O)(=O)Nc1ccc(Cl)c(OC)c1. The molecule has 0 spiro atoms. The molecule has 0 radical (unpaired) electrons. The molecule has 1 rings (SSSR count). The summed E-state index contributed by atoms with van der Waals surface area (Å²) in [4.78, 5) is 0. The zero-order chi connectivity index (χ0) is 15.2. The molecule has 6 nitrogen and oxygen atoms in total. The highest BCUT2D eigenvalue weighted by Gasteiger charge is 2.17. The lowest BCUT2D eigenvalue weighted by atomic mass is 10.3. The van der Waals surface area contributed by atoms with E-state index in [9.17, 15) is 8.42 Å². The van der Waals surface area contributed by atoms with Crippen LogP contribution in [0.1, 0.15) is 6.42 Å². The molecule has 0 saturated carbocycles. The molecule has 0 aliphatic carbocycles. The smallest absolute Gasteiger partial charge is 0.301 e. The van der Waals surface area contributed by atoms with Crippen molar-refractivity contribution < 1.29 is 13.2 Å². The molecular formula is C12H20ClN3O3S. The Morgan fingerprint density at radius 3 is 2.70 bits per heavy atom. The van der Waals surface area contributed by atoms with Crippen LogP contribution in [0.15, 0.2) is 18.2 Å². The molecule has 0 saturated heterocycles. The molecule has 1 aromatic rings. The van der Waals surface area contributed by atoms with Crippen LogP contribution in [0.25, 0.3) is 0 Å². The van der Waals surface area contributed by atoms with E-state index < -0.39 is 10.2 Å². The Balaban J connectivity index is 2.75. The van der Waals surface area contributed by atoms with Crippen LogP contribution in [0.3, 0.4) is 0 Å². The van der Waals surface area contributed by atoms with E-state index in [0.29, 0.717) is 23.0 Å². The summed E-state index contributed by atoms with van der Waals surface area (Å²) in [5.74, 6) is 0.421. The van der Waals surface area contributed by atoms with Crippen molar-refractivity contribution in [3.05, 3.63) is 23.2 Å². The third kappa shape index (κ3) is 4.82. The van der Waals surface area contributed by atoms with E-state index >= 15 is 0 Å². The van der Waals surface area contributed by atoms with Crippen molar-refractivity contribution in [1.82, 2.24) is 9.62 Å². The van der Waals surface area contributed by atoms with Gasteiger partial charge in [-0.2, -0.15) is 12.7 Å². The van der Waals surface area contributed by atoms with Gasteiger partial charge >= 0.3 is 10.2 Å². The number of methoxy groups -OCH3 is 1. The number of hydrogen-bond donors (Lipinski definition) is 2. The van der Waals surface area contributed by atoms with Crippen LogP contribution in [0, 0.1) is 0 Å². The van der Waals surface area contributed by atoms with Gasteiger partial charge in [-0.05, 0) is 32.1 Å². The fraction of sp³-hybridized carbons (Fsp3) is 0.500. The summed E-state index contributed by atoms with van der Waals surface area (Å²) in [6.45, 7) is 1.19. The molecule has 0 unspecified atom stereocenters. The highest BCUT2D eigenvalue weighted by molar-refractivity contribution is 7.90. The van der Waals surface area contributed by atoms with Gasteiger partial charge < -0.3 is 10.1 Å². The summed E-state index contributed by atoms with van der Waals surface area (Å²) in [7, 11) is 1.26. The first-order valence-corrected chi connectivity index (χ1v) is 7.94. The minimum atomic E-state index is -3.57. The molecule has 20 heavy (non-hydrogen) atoms. The number of halogens is 1. The minimum Gasteiger partial charge on any atom is -0.495 e. The largest absolute Gasteiger partial charge is 0.495 e. The normalized spacial score (nSPS) is 11.7. The van der Waals surface area contributed by atoms with E-state index in [-0.39, 0.29) is 0 Å². The predicted octanol–water partition coefficient (Wildman–Crippen LogP) is 1.55. The average molecular weight is 322 g/mol. The van der Waals surface area contributed by atoms with E-state index in [0.717, 1.165) is 13.0 Å². The minimum absolute atomic E-state index is 0.409. The fourth-order valence-corrected chi connectivity index (χ4v) is 2.69. The van der Waals surface area contributed by atoms with Crippen LogP contribution >= 0.6 is 11.6 Å². The predicted molar refractivity (Wildman–Crippen MR) is 81.7 cm³/mol. The maximum atomic E-state index is 12.1. The van der Waals surface area contributed by atoms with Gasteiger partial charge in [-0.1, -0.05) is 11.6 Å².